The van der Waals surface area contributed by atoms with Crippen molar-refractivity contribution < 1.29 is 32.2 Å². The molecule has 0 aromatic heterocycles. The number of likely N-dealkylation sites (tertiary alicyclic amines) is 1. The van der Waals surface area contributed by atoms with Gasteiger partial charge in [0.1, 0.15) is 13.2 Å². The van der Waals surface area contributed by atoms with Crippen molar-refractivity contribution in [3.8, 4) is 11.5 Å². The summed E-state index contributed by atoms with van der Waals surface area (Å²) in [5, 5.41) is 0. The largest absolute Gasteiger partial charge is 0.486 e. The van der Waals surface area contributed by atoms with E-state index in [2.05, 4.69) is 0 Å². The molecule has 5 nitrogen and oxygen atoms in total. The summed E-state index contributed by atoms with van der Waals surface area (Å²) < 4.78 is 54.0. The first kappa shape index (κ1) is 20.8. The van der Waals surface area contributed by atoms with Crippen molar-refractivity contribution in [3.63, 3.8) is 0 Å². The van der Waals surface area contributed by atoms with Crippen molar-refractivity contribution in [2.24, 2.45) is 5.92 Å². The van der Waals surface area contributed by atoms with Crippen LogP contribution >= 0.6 is 0 Å². The van der Waals surface area contributed by atoms with E-state index >= 15 is 0 Å². The van der Waals surface area contributed by atoms with Gasteiger partial charge >= 0.3 is 12.1 Å². The predicted octanol–water partition coefficient (Wildman–Crippen LogP) is 3.55. The Labute approximate surface area is 162 Å². The fourth-order valence-electron chi connectivity index (χ4n) is 3.49. The topological polar surface area (TPSA) is 48.0 Å². The summed E-state index contributed by atoms with van der Waals surface area (Å²) in [6.45, 7) is 4.62. The summed E-state index contributed by atoms with van der Waals surface area (Å²) in [6.07, 6.45) is -2.99. The second-order valence-electron chi connectivity index (χ2n) is 7.92. The van der Waals surface area contributed by atoms with Crippen molar-refractivity contribution in [2.75, 3.05) is 39.5 Å². The SMILES string of the molecule is CC(C)(C(=O)OCC1CCN(CC(F)(F)F)CC1)c1ccc2c(c1)OCCO2. The van der Waals surface area contributed by atoms with Crippen molar-refractivity contribution in [1.82, 2.24) is 4.90 Å². The smallest absolute Gasteiger partial charge is 0.401 e. The Kier molecular flexibility index (Phi) is 6.07. The number of alkyl halides is 3. The lowest BCUT2D eigenvalue weighted by Gasteiger charge is -2.32. The maximum atomic E-state index is 12.7. The Morgan fingerprint density at radius 2 is 1.79 bits per heavy atom. The third-order valence-electron chi connectivity index (χ3n) is 5.33. The molecule has 1 aromatic carbocycles. The van der Waals surface area contributed by atoms with Gasteiger partial charge < -0.3 is 14.2 Å². The van der Waals surface area contributed by atoms with E-state index in [-0.39, 0.29) is 18.5 Å². The molecule has 1 saturated heterocycles. The molecule has 0 atom stereocenters. The van der Waals surface area contributed by atoms with Crippen LogP contribution in [0.2, 0.25) is 0 Å². The summed E-state index contributed by atoms with van der Waals surface area (Å²) in [5.74, 6) is 0.998. The van der Waals surface area contributed by atoms with Crippen LogP contribution in [0.3, 0.4) is 0 Å². The highest BCUT2D eigenvalue weighted by Gasteiger charge is 2.35. The fraction of sp³-hybridized carbons (Fsp3) is 0.650. The molecule has 0 amide bonds. The number of hydrogen-bond donors (Lipinski definition) is 0. The van der Waals surface area contributed by atoms with Crippen LogP contribution in [0.1, 0.15) is 32.3 Å². The molecule has 28 heavy (non-hydrogen) atoms. The molecular formula is C20H26F3NO4. The lowest BCUT2D eigenvalue weighted by atomic mass is 9.84. The fourth-order valence-corrected chi connectivity index (χ4v) is 3.49. The molecule has 0 bridgehead atoms. The Morgan fingerprint density at radius 1 is 1.14 bits per heavy atom. The first-order valence-corrected chi connectivity index (χ1v) is 9.51. The molecule has 2 heterocycles. The van der Waals surface area contributed by atoms with Gasteiger partial charge in [0.25, 0.3) is 0 Å². The third kappa shape index (κ3) is 5.10. The van der Waals surface area contributed by atoms with Crippen molar-refractivity contribution in [2.45, 2.75) is 38.3 Å². The minimum atomic E-state index is -4.17. The van der Waals surface area contributed by atoms with Crippen LogP contribution in [0.4, 0.5) is 13.2 Å². The molecule has 0 unspecified atom stereocenters. The first-order chi connectivity index (χ1) is 13.1. The van der Waals surface area contributed by atoms with E-state index in [0.29, 0.717) is 50.6 Å². The van der Waals surface area contributed by atoms with E-state index < -0.39 is 18.1 Å². The van der Waals surface area contributed by atoms with Crippen LogP contribution in [-0.4, -0.2) is 56.5 Å². The van der Waals surface area contributed by atoms with Gasteiger partial charge in [-0.1, -0.05) is 6.07 Å². The quantitative estimate of drug-likeness (QED) is 0.707. The van der Waals surface area contributed by atoms with Crippen molar-refractivity contribution in [1.29, 1.82) is 0 Å². The molecule has 2 aliphatic heterocycles. The van der Waals surface area contributed by atoms with E-state index in [1.807, 2.05) is 6.07 Å². The number of esters is 1. The predicted molar refractivity (Wildman–Crippen MR) is 96.6 cm³/mol. The van der Waals surface area contributed by atoms with Gasteiger partial charge in [-0.3, -0.25) is 9.69 Å². The zero-order valence-corrected chi connectivity index (χ0v) is 16.2. The zero-order chi connectivity index (χ0) is 20.4. The molecular weight excluding hydrogens is 375 g/mol. The maximum Gasteiger partial charge on any atom is 0.401 e. The van der Waals surface area contributed by atoms with Gasteiger partial charge in [-0.2, -0.15) is 13.2 Å². The summed E-state index contributed by atoms with van der Waals surface area (Å²) in [6, 6.07) is 5.41. The van der Waals surface area contributed by atoms with Crippen LogP contribution in [0.15, 0.2) is 18.2 Å². The Balaban J connectivity index is 1.52. The first-order valence-electron chi connectivity index (χ1n) is 9.51. The van der Waals surface area contributed by atoms with Gasteiger partial charge in [-0.15, -0.1) is 0 Å². The van der Waals surface area contributed by atoms with E-state index in [0.717, 1.165) is 5.56 Å². The lowest BCUT2D eigenvalue weighted by Crippen LogP contribution is -2.41. The number of piperidine rings is 1. The van der Waals surface area contributed by atoms with Gasteiger partial charge in [0.15, 0.2) is 11.5 Å². The molecule has 0 N–H and O–H groups in total. The Bertz CT molecular complexity index is 697. The molecule has 1 fully saturated rings. The highest BCUT2D eigenvalue weighted by Crippen LogP contribution is 2.36. The number of fused-ring (bicyclic) bond motifs is 1. The maximum absolute atomic E-state index is 12.7. The highest BCUT2D eigenvalue weighted by molar-refractivity contribution is 5.82. The van der Waals surface area contributed by atoms with E-state index in [4.69, 9.17) is 14.2 Å². The second kappa shape index (κ2) is 8.19. The third-order valence-corrected chi connectivity index (χ3v) is 5.33. The minimum Gasteiger partial charge on any atom is -0.486 e. The minimum absolute atomic E-state index is 0.0875. The average molecular weight is 401 g/mol. The van der Waals surface area contributed by atoms with Crippen molar-refractivity contribution >= 4 is 5.97 Å². The van der Waals surface area contributed by atoms with Gasteiger partial charge in [0, 0.05) is 0 Å². The number of benzene rings is 1. The van der Waals surface area contributed by atoms with Gasteiger partial charge in [0.2, 0.25) is 0 Å². The summed E-state index contributed by atoms with van der Waals surface area (Å²) in [5.41, 5.74) is -0.103. The van der Waals surface area contributed by atoms with Crippen molar-refractivity contribution in [3.05, 3.63) is 23.8 Å². The normalized spacial score (nSPS) is 18.8. The van der Waals surface area contributed by atoms with Crippen LogP contribution in [0.25, 0.3) is 0 Å². The van der Waals surface area contributed by atoms with E-state index in [1.165, 1.54) is 4.90 Å². The molecule has 3 rings (SSSR count). The Hall–Kier alpha value is -1.96. The van der Waals surface area contributed by atoms with Crippen LogP contribution in [0, 0.1) is 5.92 Å². The molecule has 2 aliphatic rings. The number of ether oxygens (including phenoxy) is 3. The molecule has 0 spiro atoms. The van der Waals surface area contributed by atoms with E-state index in [1.54, 1.807) is 26.0 Å². The summed E-state index contributed by atoms with van der Waals surface area (Å²) in [4.78, 5) is 14.1. The highest BCUT2D eigenvalue weighted by atomic mass is 19.4. The number of carbonyl (C=O) groups excluding carboxylic acids is 1. The number of halogens is 3. The Morgan fingerprint density at radius 3 is 2.43 bits per heavy atom. The molecule has 0 radical (unpaired) electrons. The van der Waals surface area contributed by atoms with Gasteiger partial charge in [0.05, 0.1) is 18.6 Å². The summed E-state index contributed by atoms with van der Waals surface area (Å²) >= 11 is 0. The average Bonchev–Trinajstić information content (AvgIpc) is 2.65. The van der Waals surface area contributed by atoms with Crippen LogP contribution in [-0.2, 0) is 14.9 Å². The van der Waals surface area contributed by atoms with Crippen LogP contribution < -0.4 is 9.47 Å². The molecule has 0 aliphatic carbocycles. The van der Waals surface area contributed by atoms with Gasteiger partial charge in [-0.05, 0) is 63.4 Å². The number of carbonyl (C=O) groups is 1. The second-order valence-corrected chi connectivity index (χ2v) is 7.92. The number of hydrogen-bond acceptors (Lipinski definition) is 5. The number of rotatable bonds is 5. The molecule has 1 aromatic rings. The van der Waals surface area contributed by atoms with Crippen LogP contribution in [0.5, 0.6) is 11.5 Å². The van der Waals surface area contributed by atoms with E-state index in [9.17, 15) is 18.0 Å². The lowest BCUT2D eigenvalue weighted by molar-refractivity contribution is -0.153. The summed E-state index contributed by atoms with van der Waals surface area (Å²) in [7, 11) is 0. The zero-order valence-electron chi connectivity index (χ0n) is 16.2. The molecule has 0 saturated carbocycles. The standard InChI is InChI=1S/C20H26F3NO4/c1-19(2,15-3-4-16-17(11-15)27-10-9-26-16)18(25)28-12-14-5-7-24(8-6-14)13-20(21,22)23/h3-4,11,14H,5-10,12-13H2,1-2H3. The molecule has 8 heteroatoms. The number of nitrogens with zero attached hydrogens (tertiary/aromatic N) is 1. The monoisotopic (exact) mass is 401 g/mol. The van der Waals surface area contributed by atoms with Gasteiger partial charge in [-0.25, -0.2) is 0 Å². The molecule has 156 valence electrons.